The number of amides is 3. The molecule has 1 aliphatic heterocycles. The van der Waals surface area contributed by atoms with Gasteiger partial charge in [0.05, 0.1) is 6.54 Å². The summed E-state index contributed by atoms with van der Waals surface area (Å²) < 4.78 is 1.90. The second-order valence-electron chi connectivity index (χ2n) is 8.71. The van der Waals surface area contributed by atoms with E-state index in [-0.39, 0.29) is 17.9 Å². The number of benzene rings is 2. The number of rotatable bonds is 6. The van der Waals surface area contributed by atoms with E-state index in [1.807, 2.05) is 34.0 Å². The van der Waals surface area contributed by atoms with Gasteiger partial charge < -0.3 is 15.1 Å². The maximum Gasteiger partial charge on any atom is 0.319 e. The molecule has 4 rings (SSSR count). The molecule has 0 bridgehead atoms. The van der Waals surface area contributed by atoms with Gasteiger partial charge >= 0.3 is 6.03 Å². The average Bonchev–Trinajstić information content (AvgIpc) is 3.36. The molecule has 2 aromatic carbocycles. The first kappa shape index (κ1) is 22.6. The highest BCUT2D eigenvalue weighted by atomic mass is 16.2. The van der Waals surface area contributed by atoms with Crippen LogP contribution in [0.4, 0.5) is 4.79 Å². The van der Waals surface area contributed by atoms with Gasteiger partial charge in [0.25, 0.3) is 0 Å². The van der Waals surface area contributed by atoms with Gasteiger partial charge in [-0.25, -0.2) is 4.79 Å². The predicted molar refractivity (Wildman–Crippen MR) is 128 cm³/mol. The third-order valence-corrected chi connectivity index (χ3v) is 6.16. The smallest absolute Gasteiger partial charge is 0.319 e. The van der Waals surface area contributed by atoms with Crippen LogP contribution in [-0.4, -0.2) is 58.7 Å². The van der Waals surface area contributed by atoms with Crippen LogP contribution in [0.5, 0.6) is 0 Å². The third-order valence-electron chi connectivity index (χ3n) is 6.16. The molecule has 1 fully saturated rings. The van der Waals surface area contributed by atoms with E-state index in [1.165, 1.54) is 5.56 Å². The topological polar surface area (TPSA) is 70.5 Å². The summed E-state index contributed by atoms with van der Waals surface area (Å²) in [6, 6.07) is 18.6. The van der Waals surface area contributed by atoms with Crippen LogP contribution in [0, 0.1) is 5.92 Å². The highest BCUT2D eigenvalue weighted by Gasteiger charge is 2.27. The van der Waals surface area contributed by atoms with E-state index < -0.39 is 0 Å². The minimum atomic E-state index is -0.0510. The van der Waals surface area contributed by atoms with E-state index in [0.29, 0.717) is 32.5 Å². The van der Waals surface area contributed by atoms with Crippen molar-refractivity contribution < 1.29 is 9.59 Å². The van der Waals surface area contributed by atoms with Gasteiger partial charge in [0.15, 0.2) is 0 Å². The lowest BCUT2D eigenvalue weighted by molar-refractivity contribution is -0.126. The minimum absolute atomic E-state index is 0.0124. The number of urea groups is 1. The highest BCUT2D eigenvalue weighted by Crippen LogP contribution is 2.25. The van der Waals surface area contributed by atoms with Crippen LogP contribution in [0.15, 0.2) is 67.0 Å². The molecule has 1 N–H and O–H groups in total. The molecule has 1 aromatic heterocycles. The molecule has 0 spiro atoms. The number of likely N-dealkylation sites (tertiary alicyclic amines) is 1. The number of carbonyl (C=O) groups is 2. The van der Waals surface area contributed by atoms with Gasteiger partial charge in [-0.05, 0) is 41.2 Å². The molecule has 0 unspecified atom stereocenters. The van der Waals surface area contributed by atoms with Gasteiger partial charge in [-0.1, -0.05) is 48.5 Å². The van der Waals surface area contributed by atoms with Gasteiger partial charge in [-0.15, -0.1) is 0 Å². The normalized spacial score (nSPS) is 14.2. The van der Waals surface area contributed by atoms with Crippen molar-refractivity contribution in [3.05, 3.63) is 78.1 Å². The first-order valence-corrected chi connectivity index (χ1v) is 11.4. The zero-order valence-electron chi connectivity index (χ0n) is 19.3. The van der Waals surface area contributed by atoms with Crippen LogP contribution in [0.1, 0.15) is 24.0 Å². The molecule has 7 heteroatoms. The maximum absolute atomic E-state index is 12.8. The second-order valence-corrected chi connectivity index (χ2v) is 8.71. The van der Waals surface area contributed by atoms with Crippen molar-refractivity contribution in [1.29, 1.82) is 0 Å². The molecule has 0 saturated carbocycles. The first-order chi connectivity index (χ1) is 16.0. The van der Waals surface area contributed by atoms with Crippen LogP contribution in [-0.2, 0) is 17.9 Å². The second kappa shape index (κ2) is 10.3. The van der Waals surface area contributed by atoms with Crippen molar-refractivity contribution in [1.82, 2.24) is 24.9 Å². The minimum Gasteiger partial charge on any atom is -0.352 e. The molecule has 33 heavy (non-hydrogen) atoms. The molecule has 0 aliphatic carbocycles. The van der Waals surface area contributed by atoms with Crippen LogP contribution in [0.25, 0.3) is 11.1 Å². The van der Waals surface area contributed by atoms with E-state index in [0.717, 1.165) is 23.2 Å². The van der Waals surface area contributed by atoms with Gasteiger partial charge in [0.2, 0.25) is 5.91 Å². The monoisotopic (exact) mass is 445 g/mol. The Labute approximate surface area is 195 Å². The standard InChI is InChI=1S/C26H31N5O2/c1-29(2)26(33)30-16-12-22(13-17-30)25(32)27-18-23-6-3-4-7-24(23)21-10-8-20(9-11-21)19-31-15-5-14-28-31/h3-11,14-15,22H,12-13,16-19H2,1-2H3,(H,27,32). The Kier molecular flexibility index (Phi) is 7.07. The van der Waals surface area contributed by atoms with Crippen molar-refractivity contribution in [2.45, 2.75) is 25.9 Å². The molecular formula is C26H31N5O2. The highest BCUT2D eigenvalue weighted by molar-refractivity contribution is 5.80. The summed E-state index contributed by atoms with van der Waals surface area (Å²) in [7, 11) is 3.51. The van der Waals surface area contributed by atoms with Gasteiger partial charge in [-0.2, -0.15) is 5.10 Å². The largest absolute Gasteiger partial charge is 0.352 e. The number of hydrogen-bond acceptors (Lipinski definition) is 3. The summed E-state index contributed by atoms with van der Waals surface area (Å²) in [6.07, 6.45) is 5.14. The summed E-state index contributed by atoms with van der Waals surface area (Å²) >= 11 is 0. The number of nitrogens with one attached hydrogen (secondary N) is 1. The van der Waals surface area contributed by atoms with Crippen molar-refractivity contribution in [2.24, 2.45) is 5.92 Å². The van der Waals surface area contributed by atoms with Gasteiger partial charge in [0.1, 0.15) is 0 Å². The van der Waals surface area contributed by atoms with Crippen molar-refractivity contribution in [3.63, 3.8) is 0 Å². The van der Waals surface area contributed by atoms with Crippen molar-refractivity contribution >= 4 is 11.9 Å². The number of hydrogen-bond donors (Lipinski definition) is 1. The third kappa shape index (κ3) is 5.61. The molecule has 0 radical (unpaired) electrons. The summed E-state index contributed by atoms with van der Waals surface area (Å²) in [5.41, 5.74) is 4.52. The van der Waals surface area contributed by atoms with E-state index in [1.54, 1.807) is 25.2 Å². The SMILES string of the molecule is CN(C)C(=O)N1CCC(C(=O)NCc2ccccc2-c2ccc(Cn3cccn3)cc2)CC1. The number of carbonyl (C=O) groups excluding carboxylic acids is 2. The van der Waals surface area contributed by atoms with E-state index in [2.05, 4.69) is 46.8 Å². The fourth-order valence-corrected chi connectivity index (χ4v) is 4.27. The molecule has 0 atom stereocenters. The Morgan fingerprint density at radius 2 is 1.76 bits per heavy atom. The lowest BCUT2D eigenvalue weighted by Gasteiger charge is -2.33. The molecule has 1 saturated heterocycles. The van der Waals surface area contributed by atoms with E-state index >= 15 is 0 Å². The Morgan fingerprint density at radius 1 is 1.03 bits per heavy atom. The van der Waals surface area contributed by atoms with E-state index in [9.17, 15) is 9.59 Å². The Bertz CT molecular complexity index is 1070. The van der Waals surface area contributed by atoms with Crippen LogP contribution in [0.2, 0.25) is 0 Å². The quantitative estimate of drug-likeness (QED) is 0.630. The van der Waals surface area contributed by atoms with Gasteiger partial charge in [-0.3, -0.25) is 9.48 Å². The molecule has 1 aliphatic rings. The molecule has 3 aromatic rings. The van der Waals surface area contributed by atoms with Crippen molar-refractivity contribution in [3.8, 4) is 11.1 Å². The molecule has 3 amide bonds. The number of nitrogens with zero attached hydrogens (tertiary/aromatic N) is 4. The lowest BCUT2D eigenvalue weighted by atomic mass is 9.95. The zero-order chi connectivity index (χ0) is 23.2. The van der Waals surface area contributed by atoms with Crippen LogP contribution < -0.4 is 5.32 Å². The Hall–Kier alpha value is -3.61. The molecule has 7 nitrogen and oxygen atoms in total. The van der Waals surface area contributed by atoms with Crippen LogP contribution >= 0.6 is 0 Å². The molecule has 2 heterocycles. The van der Waals surface area contributed by atoms with Gasteiger partial charge in [0, 0.05) is 52.0 Å². The maximum atomic E-state index is 12.8. The fraction of sp³-hybridized carbons (Fsp3) is 0.346. The average molecular weight is 446 g/mol. The summed E-state index contributed by atoms with van der Waals surface area (Å²) in [5.74, 6) is 0.0151. The Balaban J connectivity index is 1.35. The number of aromatic nitrogens is 2. The van der Waals surface area contributed by atoms with E-state index in [4.69, 9.17) is 0 Å². The fourth-order valence-electron chi connectivity index (χ4n) is 4.27. The van der Waals surface area contributed by atoms with Crippen molar-refractivity contribution in [2.75, 3.05) is 27.2 Å². The lowest BCUT2D eigenvalue weighted by Crippen LogP contribution is -2.46. The summed E-state index contributed by atoms with van der Waals surface area (Å²) in [4.78, 5) is 28.3. The summed E-state index contributed by atoms with van der Waals surface area (Å²) in [6.45, 7) is 2.47. The first-order valence-electron chi connectivity index (χ1n) is 11.4. The zero-order valence-corrected chi connectivity index (χ0v) is 19.3. The van der Waals surface area contributed by atoms with Crippen LogP contribution in [0.3, 0.4) is 0 Å². The summed E-state index contributed by atoms with van der Waals surface area (Å²) in [5, 5.41) is 7.38. The number of piperidine rings is 1. The molecular weight excluding hydrogens is 414 g/mol. The molecule has 172 valence electrons. The predicted octanol–water partition coefficient (Wildman–Crippen LogP) is 3.61. The Morgan fingerprint density at radius 3 is 2.42 bits per heavy atom.